The van der Waals surface area contributed by atoms with Gasteiger partial charge in [-0.15, -0.1) is 0 Å². The van der Waals surface area contributed by atoms with E-state index in [1.807, 2.05) is 20.9 Å². The summed E-state index contributed by atoms with van der Waals surface area (Å²) >= 11 is 0. The Morgan fingerprint density at radius 2 is 2.00 bits per heavy atom. The molecule has 1 unspecified atom stereocenters. The van der Waals surface area contributed by atoms with Gasteiger partial charge in [0, 0.05) is 24.4 Å². The van der Waals surface area contributed by atoms with Crippen molar-refractivity contribution < 1.29 is 18.3 Å². The topological polar surface area (TPSA) is 56.1 Å². The van der Waals surface area contributed by atoms with Crippen molar-refractivity contribution in [3.63, 3.8) is 0 Å². The maximum absolute atomic E-state index is 12.1. The molecule has 1 N–H and O–H groups in total. The summed E-state index contributed by atoms with van der Waals surface area (Å²) < 4.78 is 30.2. The minimum Gasteiger partial charge on any atom is -0.435 e. The number of alkyl halides is 2. The molecule has 24 heavy (non-hydrogen) atoms. The van der Waals surface area contributed by atoms with Gasteiger partial charge in [-0.1, -0.05) is 12.1 Å². The summed E-state index contributed by atoms with van der Waals surface area (Å²) in [5.41, 5.74) is 2.64. The molecule has 0 aliphatic rings. The quantitative estimate of drug-likeness (QED) is 0.825. The normalized spacial score (nSPS) is 12.6. The van der Waals surface area contributed by atoms with Gasteiger partial charge in [-0.05, 0) is 37.6 Å². The van der Waals surface area contributed by atoms with Crippen LogP contribution in [0.4, 0.5) is 8.78 Å². The number of aromatic nitrogens is 2. The van der Waals surface area contributed by atoms with E-state index in [0.717, 1.165) is 11.3 Å². The van der Waals surface area contributed by atoms with E-state index < -0.39 is 6.61 Å². The predicted molar refractivity (Wildman–Crippen MR) is 86.6 cm³/mol. The summed E-state index contributed by atoms with van der Waals surface area (Å²) in [5, 5.41) is 7.00. The molecule has 2 rings (SSSR count). The first-order valence-electron chi connectivity index (χ1n) is 7.38. The average Bonchev–Trinajstić information content (AvgIpc) is 2.86. The van der Waals surface area contributed by atoms with E-state index in [4.69, 9.17) is 0 Å². The molecule has 1 atom stereocenters. The molecule has 0 fully saturated rings. The molecule has 128 valence electrons. The van der Waals surface area contributed by atoms with Crippen LogP contribution in [0.25, 0.3) is 6.08 Å². The van der Waals surface area contributed by atoms with Crippen molar-refractivity contribution in [3.8, 4) is 5.75 Å². The largest absolute Gasteiger partial charge is 0.435 e. The van der Waals surface area contributed by atoms with Crippen LogP contribution in [-0.2, 0) is 11.8 Å². The maximum atomic E-state index is 12.1. The van der Waals surface area contributed by atoms with Crippen molar-refractivity contribution in [1.29, 1.82) is 0 Å². The van der Waals surface area contributed by atoms with E-state index in [1.165, 1.54) is 18.2 Å². The zero-order chi connectivity index (χ0) is 17.7. The molecule has 0 saturated carbocycles. The van der Waals surface area contributed by atoms with Gasteiger partial charge in [0.1, 0.15) is 5.75 Å². The highest BCUT2D eigenvalue weighted by molar-refractivity contribution is 5.92. The van der Waals surface area contributed by atoms with Crippen LogP contribution < -0.4 is 10.1 Å². The summed E-state index contributed by atoms with van der Waals surface area (Å²) in [7, 11) is 1.84. The summed E-state index contributed by atoms with van der Waals surface area (Å²) in [6.07, 6.45) is 4.72. The summed E-state index contributed by atoms with van der Waals surface area (Å²) in [6, 6.07) is 5.86. The van der Waals surface area contributed by atoms with Crippen LogP contribution in [0.5, 0.6) is 5.75 Å². The van der Waals surface area contributed by atoms with Gasteiger partial charge >= 0.3 is 6.61 Å². The number of hydrogen-bond acceptors (Lipinski definition) is 3. The van der Waals surface area contributed by atoms with E-state index in [0.29, 0.717) is 5.56 Å². The van der Waals surface area contributed by atoms with Crippen molar-refractivity contribution in [2.45, 2.75) is 26.5 Å². The third kappa shape index (κ3) is 4.65. The van der Waals surface area contributed by atoms with E-state index in [2.05, 4.69) is 15.2 Å². The number of carbonyl (C=O) groups is 1. The number of nitrogens with zero attached hydrogens (tertiary/aromatic N) is 2. The van der Waals surface area contributed by atoms with Crippen molar-refractivity contribution in [2.24, 2.45) is 7.05 Å². The number of rotatable bonds is 6. The van der Waals surface area contributed by atoms with Crippen LogP contribution in [0, 0.1) is 6.92 Å². The third-order valence-electron chi connectivity index (χ3n) is 3.63. The molecule has 5 nitrogen and oxygen atoms in total. The average molecular weight is 335 g/mol. The highest BCUT2D eigenvalue weighted by Gasteiger charge is 2.13. The van der Waals surface area contributed by atoms with Gasteiger partial charge in [-0.2, -0.15) is 13.9 Å². The van der Waals surface area contributed by atoms with Crippen LogP contribution >= 0.6 is 0 Å². The Bertz CT molecular complexity index is 724. The molecule has 1 aromatic carbocycles. The number of aryl methyl sites for hydroxylation is 1. The number of amides is 1. The smallest absolute Gasteiger partial charge is 0.387 e. The van der Waals surface area contributed by atoms with Crippen molar-refractivity contribution in [1.82, 2.24) is 15.1 Å². The van der Waals surface area contributed by atoms with E-state index in [-0.39, 0.29) is 17.7 Å². The van der Waals surface area contributed by atoms with Gasteiger partial charge in [-0.25, -0.2) is 0 Å². The van der Waals surface area contributed by atoms with E-state index >= 15 is 0 Å². The minimum absolute atomic E-state index is 0.0762. The van der Waals surface area contributed by atoms with E-state index in [1.54, 1.807) is 29.1 Å². The van der Waals surface area contributed by atoms with Gasteiger partial charge in [0.2, 0.25) is 5.91 Å². The molecule has 1 aromatic heterocycles. The summed E-state index contributed by atoms with van der Waals surface area (Å²) in [6.45, 7) is 0.963. The number of ether oxygens (including phenoxy) is 1. The van der Waals surface area contributed by atoms with Gasteiger partial charge in [0.25, 0.3) is 0 Å². The Morgan fingerprint density at radius 3 is 2.54 bits per heavy atom. The fourth-order valence-electron chi connectivity index (χ4n) is 2.21. The molecular weight excluding hydrogens is 316 g/mol. The first-order chi connectivity index (χ1) is 11.4. The predicted octanol–water partition coefficient (Wildman–Crippen LogP) is 3.22. The lowest BCUT2D eigenvalue weighted by molar-refractivity contribution is -0.117. The van der Waals surface area contributed by atoms with Crippen LogP contribution in [0.3, 0.4) is 0 Å². The van der Waals surface area contributed by atoms with Crippen LogP contribution in [0.1, 0.15) is 29.8 Å². The van der Waals surface area contributed by atoms with Gasteiger partial charge in [0.05, 0.1) is 12.2 Å². The van der Waals surface area contributed by atoms with Gasteiger partial charge < -0.3 is 10.1 Å². The van der Waals surface area contributed by atoms with Gasteiger partial charge in [-0.3, -0.25) is 9.48 Å². The van der Waals surface area contributed by atoms with Crippen LogP contribution in [0.2, 0.25) is 0 Å². The second-order valence-corrected chi connectivity index (χ2v) is 5.32. The zero-order valence-electron chi connectivity index (χ0n) is 13.7. The number of benzene rings is 1. The first kappa shape index (κ1) is 17.7. The molecule has 0 saturated heterocycles. The Hall–Kier alpha value is -2.70. The summed E-state index contributed by atoms with van der Waals surface area (Å²) in [4.78, 5) is 12.0. The molecule has 0 radical (unpaired) electrons. The molecule has 0 aliphatic carbocycles. The molecule has 1 heterocycles. The second kappa shape index (κ2) is 7.72. The fraction of sp³-hybridized carbons (Fsp3) is 0.294. The molecule has 1 amide bonds. The molecular formula is C17H19F2N3O2. The van der Waals surface area contributed by atoms with Crippen LogP contribution in [-0.4, -0.2) is 22.3 Å². The highest BCUT2D eigenvalue weighted by Crippen LogP contribution is 2.17. The third-order valence-corrected chi connectivity index (χ3v) is 3.63. The lowest BCUT2D eigenvalue weighted by Gasteiger charge is -2.12. The number of nitrogens with one attached hydrogen (secondary N) is 1. The lowest BCUT2D eigenvalue weighted by Crippen LogP contribution is -2.24. The Kier molecular flexibility index (Phi) is 5.68. The van der Waals surface area contributed by atoms with Crippen molar-refractivity contribution in [3.05, 3.63) is 53.4 Å². The van der Waals surface area contributed by atoms with Crippen molar-refractivity contribution >= 4 is 12.0 Å². The fourth-order valence-corrected chi connectivity index (χ4v) is 2.21. The zero-order valence-corrected chi connectivity index (χ0v) is 13.7. The Labute approximate surface area is 138 Å². The molecule has 2 aromatic rings. The maximum Gasteiger partial charge on any atom is 0.387 e. The molecule has 0 spiro atoms. The molecule has 0 aliphatic heterocycles. The monoisotopic (exact) mass is 335 g/mol. The lowest BCUT2D eigenvalue weighted by atomic mass is 10.1. The van der Waals surface area contributed by atoms with Crippen LogP contribution in [0.15, 0.2) is 36.5 Å². The van der Waals surface area contributed by atoms with Gasteiger partial charge in [0.15, 0.2) is 0 Å². The van der Waals surface area contributed by atoms with Crippen molar-refractivity contribution in [2.75, 3.05) is 0 Å². The minimum atomic E-state index is -2.85. The Morgan fingerprint density at radius 1 is 1.33 bits per heavy atom. The summed E-state index contributed by atoms with van der Waals surface area (Å²) in [5.74, 6) is -0.175. The SMILES string of the molecule is Cc1c(C(C)NC(=O)/C=C\c2ccc(OC(F)F)cc2)cnn1C. The first-order valence-corrected chi connectivity index (χ1v) is 7.38. The number of hydrogen-bond donors (Lipinski definition) is 1. The Balaban J connectivity index is 1.94. The standard InChI is InChI=1S/C17H19F2N3O2/c1-11(15-10-20-22(3)12(15)2)21-16(23)9-6-13-4-7-14(8-5-13)24-17(18)19/h4-11,17H,1-3H3,(H,21,23)/b9-6-. The molecule has 7 heteroatoms. The number of carbonyl (C=O) groups excluding carboxylic acids is 1. The van der Waals surface area contributed by atoms with E-state index in [9.17, 15) is 13.6 Å². The highest BCUT2D eigenvalue weighted by atomic mass is 19.3. The second-order valence-electron chi connectivity index (χ2n) is 5.32. The molecule has 0 bridgehead atoms. The number of halogens is 2.